The topological polar surface area (TPSA) is 38.8 Å². The van der Waals surface area contributed by atoms with Crippen molar-refractivity contribution >= 4 is 89.4 Å². The van der Waals surface area contributed by atoms with Crippen molar-refractivity contribution in [2.45, 2.75) is 6.61 Å². The van der Waals surface area contributed by atoms with E-state index in [2.05, 4.69) is 31.9 Å². The molecule has 1 heterocycles. The highest BCUT2D eigenvalue weighted by molar-refractivity contribution is 9.10. The Morgan fingerprint density at radius 1 is 1.09 bits per heavy atom. The minimum Gasteiger partial charge on any atom is -0.493 e. The third kappa shape index (κ3) is 5.46. The number of amides is 1. The van der Waals surface area contributed by atoms with Crippen LogP contribution in [0.2, 0.25) is 5.02 Å². The van der Waals surface area contributed by atoms with Crippen LogP contribution >= 0.6 is 67.4 Å². The molecule has 9 heteroatoms. The molecule has 1 amide bonds. The van der Waals surface area contributed by atoms with E-state index in [1.165, 1.54) is 16.7 Å². The molecule has 0 aliphatic carbocycles. The molecular weight excluding hydrogens is 610 g/mol. The second-order valence-corrected chi connectivity index (χ2v) is 10.7. The number of thioether (sulfide) groups is 1. The summed E-state index contributed by atoms with van der Waals surface area (Å²) >= 11 is 19.8. The second kappa shape index (κ2) is 10.6. The number of methoxy groups -OCH3 is 1. The molecule has 168 valence electrons. The van der Waals surface area contributed by atoms with Crippen molar-refractivity contribution in [1.29, 1.82) is 0 Å². The van der Waals surface area contributed by atoms with E-state index >= 15 is 0 Å². The highest BCUT2D eigenvalue weighted by atomic mass is 79.9. The lowest BCUT2D eigenvalue weighted by atomic mass is 10.1. The summed E-state index contributed by atoms with van der Waals surface area (Å²) in [5, 5.41) is 0.505. The third-order valence-corrected chi connectivity index (χ3v) is 7.85. The number of benzene rings is 3. The molecule has 1 fully saturated rings. The number of anilines is 1. The number of halogens is 3. The van der Waals surface area contributed by atoms with E-state index in [0.717, 1.165) is 20.1 Å². The second-order valence-electron chi connectivity index (χ2n) is 6.92. The largest absolute Gasteiger partial charge is 0.493 e. The van der Waals surface area contributed by atoms with Crippen LogP contribution in [0.25, 0.3) is 6.08 Å². The number of thiocarbonyl (C=S) groups is 1. The molecule has 0 radical (unpaired) electrons. The Balaban J connectivity index is 1.59. The molecule has 1 saturated heterocycles. The number of carbonyl (C=O) groups is 1. The molecule has 1 aliphatic heterocycles. The van der Waals surface area contributed by atoms with E-state index < -0.39 is 0 Å². The Hall–Kier alpha value is -1.84. The van der Waals surface area contributed by atoms with Gasteiger partial charge in [-0.15, -0.1) is 0 Å². The van der Waals surface area contributed by atoms with Crippen molar-refractivity contribution in [3.8, 4) is 11.5 Å². The molecule has 4 nitrogen and oxygen atoms in total. The van der Waals surface area contributed by atoms with E-state index in [1.54, 1.807) is 31.4 Å². The Labute approximate surface area is 223 Å². The number of rotatable bonds is 6. The van der Waals surface area contributed by atoms with E-state index in [0.29, 0.717) is 38.0 Å². The van der Waals surface area contributed by atoms with Gasteiger partial charge in [-0.3, -0.25) is 9.69 Å². The normalized spacial score (nSPS) is 14.8. The van der Waals surface area contributed by atoms with Gasteiger partial charge in [-0.2, -0.15) is 0 Å². The molecule has 0 unspecified atom stereocenters. The van der Waals surface area contributed by atoms with Gasteiger partial charge in [0.2, 0.25) is 0 Å². The Kier molecular flexibility index (Phi) is 7.81. The van der Waals surface area contributed by atoms with Crippen molar-refractivity contribution in [1.82, 2.24) is 0 Å². The summed E-state index contributed by atoms with van der Waals surface area (Å²) in [5.41, 5.74) is 2.45. The molecule has 0 atom stereocenters. The zero-order valence-electron chi connectivity index (χ0n) is 17.2. The van der Waals surface area contributed by atoms with E-state index in [4.69, 9.17) is 33.3 Å². The Morgan fingerprint density at radius 2 is 1.85 bits per heavy atom. The van der Waals surface area contributed by atoms with E-state index in [9.17, 15) is 4.79 Å². The van der Waals surface area contributed by atoms with Crippen LogP contribution in [0.1, 0.15) is 11.1 Å². The molecule has 0 N–H and O–H groups in total. The lowest BCUT2D eigenvalue weighted by Gasteiger charge is -2.15. The van der Waals surface area contributed by atoms with Gasteiger partial charge in [-0.1, -0.05) is 65.9 Å². The van der Waals surface area contributed by atoms with Gasteiger partial charge in [0.15, 0.2) is 15.8 Å². The molecule has 1 aliphatic rings. The Bertz CT molecular complexity index is 1270. The lowest BCUT2D eigenvalue weighted by Crippen LogP contribution is -2.27. The summed E-state index contributed by atoms with van der Waals surface area (Å²) in [4.78, 5) is 15.1. The first-order chi connectivity index (χ1) is 15.9. The molecule has 3 aromatic carbocycles. The predicted molar refractivity (Wildman–Crippen MR) is 146 cm³/mol. The van der Waals surface area contributed by atoms with Crippen LogP contribution < -0.4 is 14.4 Å². The Morgan fingerprint density at radius 3 is 2.55 bits per heavy atom. The number of hydrogen-bond acceptors (Lipinski definition) is 5. The van der Waals surface area contributed by atoms with Gasteiger partial charge >= 0.3 is 0 Å². The van der Waals surface area contributed by atoms with Gasteiger partial charge < -0.3 is 9.47 Å². The molecule has 3 aromatic rings. The molecule has 0 spiro atoms. The van der Waals surface area contributed by atoms with Gasteiger partial charge in [-0.25, -0.2) is 0 Å². The zero-order valence-corrected chi connectivity index (χ0v) is 22.7. The summed E-state index contributed by atoms with van der Waals surface area (Å²) in [6.07, 6.45) is 1.79. The van der Waals surface area contributed by atoms with Crippen molar-refractivity contribution in [3.63, 3.8) is 0 Å². The number of hydrogen-bond donors (Lipinski definition) is 0. The maximum absolute atomic E-state index is 13.1. The average Bonchev–Trinajstić information content (AvgIpc) is 3.08. The van der Waals surface area contributed by atoms with Crippen LogP contribution in [-0.4, -0.2) is 17.3 Å². The highest BCUT2D eigenvalue weighted by Crippen LogP contribution is 2.41. The molecule has 33 heavy (non-hydrogen) atoms. The molecule has 0 bridgehead atoms. The fourth-order valence-corrected chi connectivity index (χ4v) is 5.45. The predicted octanol–water partition coefficient (Wildman–Crippen LogP) is 7.86. The minimum absolute atomic E-state index is 0.206. The van der Waals surface area contributed by atoms with Crippen molar-refractivity contribution < 1.29 is 14.3 Å². The average molecular weight is 626 g/mol. The maximum Gasteiger partial charge on any atom is 0.270 e. The molecule has 0 saturated carbocycles. The molecule has 0 aromatic heterocycles. The minimum atomic E-state index is -0.206. The summed E-state index contributed by atoms with van der Waals surface area (Å²) in [6.45, 7) is 0.406. The number of carbonyl (C=O) groups excluding carboxylic acids is 1. The van der Waals surface area contributed by atoms with Crippen LogP contribution in [0.4, 0.5) is 5.69 Å². The van der Waals surface area contributed by atoms with Crippen LogP contribution in [0, 0.1) is 0 Å². The first-order valence-corrected chi connectivity index (χ1v) is 12.8. The van der Waals surface area contributed by atoms with Gasteiger partial charge in [0.1, 0.15) is 6.61 Å². The number of nitrogens with zero attached hydrogens (tertiary/aromatic N) is 1. The fourth-order valence-electron chi connectivity index (χ4n) is 3.16. The van der Waals surface area contributed by atoms with E-state index in [-0.39, 0.29) is 5.91 Å². The smallest absolute Gasteiger partial charge is 0.270 e. The summed E-state index contributed by atoms with van der Waals surface area (Å²) < 4.78 is 13.5. The van der Waals surface area contributed by atoms with Gasteiger partial charge in [-0.05, 0) is 79.4 Å². The standard InChI is InChI=1S/C24H16Br2ClNO3S2/c1-30-20-10-15(9-18(26)22(20)31-13-14-5-3-2-4-6-14)11-21-23(29)28(24(32)33-21)16-7-8-17(25)19(27)12-16/h2-12H,13H2,1H3/b21-11+. The quantitative estimate of drug-likeness (QED) is 0.206. The maximum atomic E-state index is 13.1. The van der Waals surface area contributed by atoms with Gasteiger partial charge in [0, 0.05) is 4.47 Å². The molecule has 4 rings (SSSR count). The van der Waals surface area contributed by atoms with Gasteiger partial charge in [0.05, 0.1) is 27.2 Å². The molecular formula is C24H16Br2ClNO3S2. The number of ether oxygens (including phenoxy) is 2. The lowest BCUT2D eigenvalue weighted by molar-refractivity contribution is -0.113. The SMILES string of the molecule is COc1cc(/C=C2/SC(=S)N(c3ccc(Br)c(Cl)c3)C2=O)cc(Br)c1OCc1ccccc1. The van der Waals surface area contributed by atoms with Crippen molar-refractivity contribution in [2.75, 3.05) is 12.0 Å². The summed E-state index contributed by atoms with van der Waals surface area (Å²) in [5.74, 6) is 0.945. The highest BCUT2D eigenvalue weighted by Gasteiger charge is 2.33. The van der Waals surface area contributed by atoms with Crippen LogP contribution in [0.15, 0.2) is 74.5 Å². The van der Waals surface area contributed by atoms with Crippen molar-refractivity contribution in [3.05, 3.63) is 90.7 Å². The van der Waals surface area contributed by atoms with Gasteiger partial charge in [0.25, 0.3) is 5.91 Å². The summed E-state index contributed by atoms with van der Waals surface area (Å²) in [6, 6.07) is 18.9. The van der Waals surface area contributed by atoms with Crippen LogP contribution in [0.5, 0.6) is 11.5 Å². The first kappa shape index (κ1) is 24.3. The summed E-state index contributed by atoms with van der Waals surface area (Å²) in [7, 11) is 1.58. The monoisotopic (exact) mass is 623 g/mol. The fraction of sp³-hybridized carbons (Fsp3) is 0.0833. The first-order valence-electron chi connectivity index (χ1n) is 9.64. The van der Waals surface area contributed by atoms with Crippen molar-refractivity contribution in [2.24, 2.45) is 0 Å². The zero-order chi connectivity index (χ0) is 23.5. The third-order valence-electron chi connectivity index (χ3n) is 4.73. The van der Waals surface area contributed by atoms with Crippen LogP contribution in [0.3, 0.4) is 0 Å². The van der Waals surface area contributed by atoms with Crippen LogP contribution in [-0.2, 0) is 11.4 Å². The van der Waals surface area contributed by atoms with E-state index in [1.807, 2.05) is 42.5 Å².